The second kappa shape index (κ2) is 8.05. The normalized spacial score (nSPS) is 11.9. The summed E-state index contributed by atoms with van der Waals surface area (Å²) in [5, 5.41) is 12.8. The van der Waals surface area contributed by atoms with Crippen molar-refractivity contribution in [2.45, 2.75) is 19.1 Å². The van der Waals surface area contributed by atoms with Crippen molar-refractivity contribution in [3.8, 4) is 0 Å². The van der Waals surface area contributed by atoms with E-state index in [4.69, 9.17) is 4.74 Å². The smallest absolute Gasteiger partial charge is 0.408 e. The van der Waals surface area contributed by atoms with Crippen LogP contribution in [-0.4, -0.2) is 28.2 Å². The predicted molar refractivity (Wildman–Crippen MR) is 101 cm³/mol. The molecule has 0 saturated heterocycles. The Morgan fingerprint density at radius 2 is 1.92 bits per heavy atom. The number of aromatic amines is 1. The molecule has 0 bridgehead atoms. The Kier molecular flexibility index (Phi) is 5.58. The Labute approximate surface area is 158 Å². The van der Waals surface area contributed by atoms with Crippen molar-refractivity contribution in [1.29, 1.82) is 0 Å². The molecule has 0 radical (unpaired) electrons. The number of carbonyl (C=O) groups excluding carboxylic acids is 1. The lowest BCUT2D eigenvalue weighted by Crippen LogP contribution is -2.42. The summed E-state index contributed by atoms with van der Waals surface area (Å²) in [6.07, 6.45) is 1.14. The molecule has 0 aliphatic carbocycles. The second-order valence-electron chi connectivity index (χ2n) is 5.78. The molecular formula is C19H17BrN2O4. The van der Waals surface area contributed by atoms with E-state index in [1.807, 2.05) is 48.5 Å². The Morgan fingerprint density at radius 3 is 2.65 bits per heavy atom. The van der Waals surface area contributed by atoms with Crippen molar-refractivity contribution in [2.75, 3.05) is 0 Å². The van der Waals surface area contributed by atoms with E-state index in [0.29, 0.717) is 0 Å². The van der Waals surface area contributed by atoms with Crippen LogP contribution in [0.2, 0.25) is 0 Å². The van der Waals surface area contributed by atoms with Crippen LogP contribution in [-0.2, 0) is 22.6 Å². The predicted octanol–water partition coefficient (Wildman–Crippen LogP) is 3.85. The molecule has 3 N–H and O–H groups in total. The topological polar surface area (TPSA) is 91.4 Å². The molecule has 1 amide bonds. The maximum atomic E-state index is 12.0. The summed E-state index contributed by atoms with van der Waals surface area (Å²) in [5.74, 6) is -1.12. The van der Waals surface area contributed by atoms with Crippen molar-refractivity contribution in [2.24, 2.45) is 0 Å². The first-order chi connectivity index (χ1) is 12.5. The van der Waals surface area contributed by atoms with Gasteiger partial charge in [0.2, 0.25) is 0 Å². The third-order valence-corrected chi connectivity index (χ3v) is 4.64. The van der Waals surface area contributed by atoms with E-state index in [2.05, 4.69) is 26.2 Å². The molecule has 26 heavy (non-hydrogen) atoms. The minimum Gasteiger partial charge on any atom is -0.480 e. The van der Waals surface area contributed by atoms with Gasteiger partial charge < -0.3 is 20.1 Å². The van der Waals surface area contributed by atoms with Crippen LogP contribution in [0.4, 0.5) is 4.79 Å². The van der Waals surface area contributed by atoms with Crippen LogP contribution in [0, 0.1) is 0 Å². The molecule has 0 spiro atoms. The molecule has 1 aromatic heterocycles. The maximum Gasteiger partial charge on any atom is 0.408 e. The van der Waals surface area contributed by atoms with E-state index in [-0.39, 0.29) is 13.0 Å². The average molecular weight is 417 g/mol. The zero-order valence-electron chi connectivity index (χ0n) is 13.7. The van der Waals surface area contributed by atoms with Crippen LogP contribution < -0.4 is 5.32 Å². The molecule has 2 aromatic carbocycles. The summed E-state index contributed by atoms with van der Waals surface area (Å²) < 4.78 is 6.00. The molecule has 3 rings (SSSR count). The third kappa shape index (κ3) is 4.23. The number of carbonyl (C=O) groups is 2. The quantitative estimate of drug-likeness (QED) is 0.568. The van der Waals surface area contributed by atoms with Gasteiger partial charge in [-0.25, -0.2) is 9.59 Å². The Balaban J connectivity index is 1.66. The van der Waals surface area contributed by atoms with Crippen molar-refractivity contribution in [3.05, 3.63) is 70.3 Å². The molecule has 6 nitrogen and oxygen atoms in total. The van der Waals surface area contributed by atoms with Crippen molar-refractivity contribution in [1.82, 2.24) is 10.3 Å². The van der Waals surface area contributed by atoms with Crippen LogP contribution in [0.5, 0.6) is 0 Å². The van der Waals surface area contributed by atoms with E-state index in [1.165, 1.54) is 0 Å². The number of aromatic nitrogens is 1. The zero-order valence-corrected chi connectivity index (χ0v) is 15.3. The fraction of sp³-hybridized carbons (Fsp3) is 0.158. The number of alkyl carbamates (subject to hydrolysis) is 1. The van der Waals surface area contributed by atoms with Crippen LogP contribution in [0.3, 0.4) is 0 Å². The summed E-state index contributed by atoms with van der Waals surface area (Å²) in [5.41, 5.74) is 2.52. The first-order valence-electron chi connectivity index (χ1n) is 7.99. The van der Waals surface area contributed by atoms with E-state index in [1.54, 1.807) is 6.20 Å². The number of ether oxygens (including phenoxy) is 1. The summed E-state index contributed by atoms with van der Waals surface area (Å²) >= 11 is 3.45. The number of para-hydroxylation sites is 1. The molecule has 0 unspecified atom stereocenters. The number of carboxylic acids is 1. The molecule has 1 heterocycles. The number of nitrogens with one attached hydrogen (secondary N) is 2. The van der Waals surface area contributed by atoms with Gasteiger partial charge in [0.15, 0.2) is 0 Å². The molecule has 134 valence electrons. The Bertz CT molecular complexity index is 924. The number of hydrogen-bond donors (Lipinski definition) is 3. The number of aliphatic carboxylic acids is 1. The largest absolute Gasteiger partial charge is 0.480 e. The van der Waals surface area contributed by atoms with Gasteiger partial charge in [0, 0.05) is 22.5 Å². The van der Waals surface area contributed by atoms with Crippen LogP contribution in [0.25, 0.3) is 10.9 Å². The standard InChI is InChI=1S/C19H17BrN2O4/c20-15-8-4-7-14-13(10-21-17(14)15)9-16(18(23)24)22-19(25)26-11-12-5-2-1-3-6-12/h1-8,10,16,21H,9,11H2,(H,22,25)(H,23,24)/t16-/m0/s1. The number of carboxylic acid groups (broad SMARTS) is 1. The van der Waals surface area contributed by atoms with Gasteiger partial charge in [0.1, 0.15) is 12.6 Å². The number of rotatable bonds is 6. The summed E-state index contributed by atoms with van der Waals surface area (Å²) in [7, 11) is 0. The lowest BCUT2D eigenvalue weighted by molar-refractivity contribution is -0.139. The van der Waals surface area contributed by atoms with Crippen LogP contribution >= 0.6 is 15.9 Å². The fourth-order valence-electron chi connectivity index (χ4n) is 2.67. The summed E-state index contributed by atoms with van der Waals surface area (Å²) in [4.78, 5) is 26.6. The summed E-state index contributed by atoms with van der Waals surface area (Å²) in [6.45, 7) is 0.0824. The van der Waals surface area contributed by atoms with Gasteiger partial charge in [0.25, 0.3) is 0 Å². The van der Waals surface area contributed by atoms with E-state index < -0.39 is 18.1 Å². The van der Waals surface area contributed by atoms with Gasteiger partial charge in [-0.3, -0.25) is 0 Å². The van der Waals surface area contributed by atoms with Crippen molar-refractivity contribution in [3.63, 3.8) is 0 Å². The van der Waals surface area contributed by atoms with Crippen molar-refractivity contribution < 1.29 is 19.4 Å². The first-order valence-corrected chi connectivity index (χ1v) is 8.78. The average Bonchev–Trinajstić information content (AvgIpc) is 3.04. The van der Waals surface area contributed by atoms with Gasteiger partial charge in [-0.2, -0.15) is 0 Å². The monoisotopic (exact) mass is 416 g/mol. The van der Waals surface area contributed by atoms with E-state index in [0.717, 1.165) is 26.5 Å². The zero-order chi connectivity index (χ0) is 18.5. The molecule has 0 aliphatic rings. The number of benzene rings is 2. The van der Waals surface area contributed by atoms with Crippen LogP contribution in [0.1, 0.15) is 11.1 Å². The van der Waals surface area contributed by atoms with Gasteiger partial charge >= 0.3 is 12.1 Å². The lowest BCUT2D eigenvalue weighted by Gasteiger charge is -2.14. The third-order valence-electron chi connectivity index (χ3n) is 3.98. The minimum atomic E-state index is -1.12. The molecule has 0 aliphatic heterocycles. The highest BCUT2D eigenvalue weighted by Crippen LogP contribution is 2.26. The highest BCUT2D eigenvalue weighted by Gasteiger charge is 2.22. The van der Waals surface area contributed by atoms with E-state index >= 15 is 0 Å². The minimum absolute atomic E-state index is 0.0824. The molecule has 7 heteroatoms. The number of hydrogen-bond acceptors (Lipinski definition) is 3. The van der Waals surface area contributed by atoms with Gasteiger partial charge in [-0.05, 0) is 33.1 Å². The Morgan fingerprint density at radius 1 is 1.15 bits per heavy atom. The van der Waals surface area contributed by atoms with Crippen molar-refractivity contribution >= 4 is 38.9 Å². The van der Waals surface area contributed by atoms with Gasteiger partial charge in [-0.15, -0.1) is 0 Å². The SMILES string of the molecule is O=C(N[C@@H](Cc1c[nH]c2c(Br)cccc12)C(=O)O)OCc1ccccc1. The number of fused-ring (bicyclic) bond motifs is 1. The van der Waals surface area contributed by atoms with Gasteiger partial charge in [-0.1, -0.05) is 42.5 Å². The number of halogens is 1. The first kappa shape index (κ1) is 18.0. The van der Waals surface area contributed by atoms with Gasteiger partial charge in [0.05, 0.1) is 5.52 Å². The fourth-order valence-corrected chi connectivity index (χ4v) is 3.15. The molecule has 0 saturated carbocycles. The van der Waals surface area contributed by atoms with Crippen LogP contribution in [0.15, 0.2) is 59.2 Å². The second-order valence-corrected chi connectivity index (χ2v) is 6.63. The maximum absolute atomic E-state index is 12.0. The van der Waals surface area contributed by atoms with E-state index in [9.17, 15) is 14.7 Å². The highest BCUT2D eigenvalue weighted by molar-refractivity contribution is 9.10. The highest BCUT2D eigenvalue weighted by atomic mass is 79.9. The molecule has 1 atom stereocenters. The molecular weight excluding hydrogens is 400 g/mol. The number of amides is 1. The molecule has 3 aromatic rings. The Hall–Kier alpha value is -2.80. The summed E-state index contributed by atoms with van der Waals surface area (Å²) in [6, 6.07) is 13.8. The lowest BCUT2D eigenvalue weighted by atomic mass is 10.1. The molecule has 0 fully saturated rings. The number of H-pyrrole nitrogens is 1.